The first-order chi connectivity index (χ1) is 8.78. The van der Waals surface area contributed by atoms with Crippen molar-refractivity contribution in [2.75, 3.05) is 6.54 Å². The summed E-state index contributed by atoms with van der Waals surface area (Å²) >= 11 is 0. The molecule has 1 aliphatic heterocycles. The molecule has 2 atom stereocenters. The average molecular weight is 246 g/mol. The second-order valence-corrected chi connectivity index (χ2v) is 5.01. The molecule has 1 fully saturated rings. The Balaban J connectivity index is 1.77. The molecular formula is C15H22N2O. The summed E-state index contributed by atoms with van der Waals surface area (Å²) in [5, 5.41) is 6.56. The van der Waals surface area contributed by atoms with Crippen LogP contribution in [0.15, 0.2) is 30.3 Å². The molecule has 0 aromatic heterocycles. The van der Waals surface area contributed by atoms with E-state index in [9.17, 15) is 4.79 Å². The molecule has 0 spiro atoms. The Morgan fingerprint density at radius 1 is 1.39 bits per heavy atom. The lowest BCUT2D eigenvalue weighted by Crippen LogP contribution is -2.41. The normalized spacial score (nSPS) is 20.7. The third-order valence-electron chi connectivity index (χ3n) is 3.56. The van der Waals surface area contributed by atoms with Gasteiger partial charge in [0.15, 0.2) is 0 Å². The molecule has 0 saturated carbocycles. The zero-order valence-electron chi connectivity index (χ0n) is 11.0. The molecule has 0 aliphatic carbocycles. The molecule has 1 aromatic carbocycles. The van der Waals surface area contributed by atoms with Crippen molar-refractivity contribution in [3.05, 3.63) is 35.9 Å². The molecule has 1 heterocycles. The molecule has 0 radical (unpaired) electrons. The molecule has 98 valence electrons. The first kappa shape index (κ1) is 13.1. The molecule has 2 N–H and O–H groups in total. The third kappa shape index (κ3) is 3.84. The molecule has 1 aromatic rings. The van der Waals surface area contributed by atoms with Gasteiger partial charge in [-0.3, -0.25) is 4.79 Å². The van der Waals surface area contributed by atoms with Gasteiger partial charge in [0.1, 0.15) is 0 Å². The fourth-order valence-electron chi connectivity index (χ4n) is 2.40. The predicted octanol–water partition coefficient (Wildman–Crippen LogP) is 1.88. The van der Waals surface area contributed by atoms with Crippen LogP contribution >= 0.6 is 0 Å². The van der Waals surface area contributed by atoms with Crippen LogP contribution in [-0.2, 0) is 11.2 Å². The van der Waals surface area contributed by atoms with E-state index in [4.69, 9.17) is 0 Å². The maximum atomic E-state index is 11.1. The first-order valence-electron chi connectivity index (χ1n) is 6.84. The lowest BCUT2D eigenvalue weighted by atomic mass is 10.0. The topological polar surface area (TPSA) is 41.1 Å². The fraction of sp³-hybridized carbons (Fsp3) is 0.533. The minimum atomic E-state index is 0.193. The van der Waals surface area contributed by atoms with Gasteiger partial charge in [0.2, 0.25) is 5.91 Å². The number of carbonyl (C=O) groups excluding carboxylic acids is 1. The maximum absolute atomic E-state index is 11.1. The van der Waals surface area contributed by atoms with E-state index in [0.29, 0.717) is 18.5 Å². The number of benzene rings is 1. The van der Waals surface area contributed by atoms with Crippen molar-refractivity contribution < 1.29 is 4.79 Å². The van der Waals surface area contributed by atoms with Crippen LogP contribution < -0.4 is 10.6 Å². The lowest BCUT2D eigenvalue weighted by molar-refractivity contribution is -0.119. The van der Waals surface area contributed by atoms with E-state index in [1.807, 2.05) is 6.07 Å². The van der Waals surface area contributed by atoms with Gasteiger partial charge >= 0.3 is 0 Å². The van der Waals surface area contributed by atoms with Gasteiger partial charge in [0, 0.05) is 25.0 Å². The van der Waals surface area contributed by atoms with Crippen molar-refractivity contribution in [1.29, 1.82) is 0 Å². The van der Waals surface area contributed by atoms with E-state index in [-0.39, 0.29) is 5.91 Å². The van der Waals surface area contributed by atoms with E-state index >= 15 is 0 Å². The number of carbonyl (C=O) groups is 1. The summed E-state index contributed by atoms with van der Waals surface area (Å²) in [4.78, 5) is 11.1. The number of amides is 1. The van der Waals surface area contributed by atoms with Gasteiger partial charge in [-0.2, -0.15) is 0 Å². The van der Waals surface area contributed by atoms with Crippen molar-refractivity contribution in [2.45, 2.75) is 44.7 Å². The summed E-state index contributed by atoms with van der Waals surface area (Å²) in [7, 11) is 0. The van der Waals surface area contributed by atoms with Crippen LogP contribution in [0, 0.1) is 0 Å². The van der Waals surface area contributed by atoms with E-state index in [2.05, 4.69) is 41.8 Å². The molecule has 18 heavy (non-hydrogen) atoms. The van der Waals surface area contributed by atoms with E-state index in [1.165, 1.54) is 5.56 Å². The highest BCUT2D eigenvalue weighted by Gasteiger charge is 2.21. The molecule has 1 amide bonds. The molecule has 1 aliphatic rings. The Morgan fingerprint density at radius 3 is 2.78 bits per heavy atom. The summed E-state index contributed by atoms with van der Waals surface area (Å²) in [5.41, 5.74) is 1.37. The second kappa shape index (κ2) is 6.55. The van der Waals surface area contributed by atoms with Gasteiger partial charge in [-0.05, 0) is 24.8 Å². The highest BCUT2D eigenvalue weighted by molar-refractivity contribution is 5.78. The molecule has 2 unspecified atom stereocenters. The van der Waals surface area contributed by atoms with E-state index in [0.717, 1.165) is 25.8 Å². The maximum Gasteiger partial charge on any atom is 0.220 e. The van der Waals surface area contributed by atoms with E-state index in [1.54, 1.807) is 0 Å². The second-order valence-electron chi connectivity index (χ2n) is 5.01. The summed E-state index contributed by atoms with van der Waals surface area (Å²) in [6.45, 7) is 3.09. The average Bonchev–Trinajstić information content (AvgIpc) is 2.81. The zero-order chi connectivity index (χ0) is 12.8. The Bertz CT molecular complexity index is 377. The Kier molecular flexibility index (Phi) is 4.76. The van der Waals surface area contributed by atoms with Crippen molar-refractivity contribution in [3.63, 3.8) is 0 Å². The minimum absolute atomic E-state index is 0.193. The molecule has 3 heteroatoms. The predicted molar refractivity (Wildman–Crippen MR) is 73.4 cm³/mol. The molecule has 2 rings (SSSR count). The number of hydrogen-bond acceptors (Lipinski definition) is 2. The number of nitrogens with one attached hydrogen (secondary N) is 2. The Labute approximate surface area is 109 Å². The van der Waals surface area contributed by atoms with Crippen molar-refractivity contribution >= 4 is 5.91 Å². The van der Waals surface area contributed by atoms with Gasteiger partial charge in [-0.15, -0.1) is 0 Å². The Morgan fingerprint density at radius 2 is 2.17 bits per heavy atom. The van der Waals surface area contributed by atoms with E-state index < -0.39 is 0 Å². The Hall–Kier alpha value is -1.35. The zero-order valence-corrected chi connectivity index (χ0v) is 11.0. The van der Waals surface area contributed by atoms with Crippen molar-refractivity contribution in [3.8, 4) is 0 Å². The highest BCUT2D eigenvalue weighted by atomic mass is 16.1. The standard InChI is InChI=1S/C15H22N2O/c1-2-13(10-12-6-4-3-5-7-12)16-11-14-8-9-15(18)17-14/h3-7,13-14,16H,2,8-11H2,1H3,(H,17,18). The number of hydrogen-bond donors (Lipinski definition) is 2. The minimum Gasteiger partial charge on any atom is -0.352 e. The van der Waals surface area contributed by atoms with Gasteiger partial charge in [-0.1, -0.05) is 37.3 Å². The highest BCUT2D eigenvalue weighted by Crippen LogP contribution is 2.08. The van der Waals surface area contributed by atoms with Crippen LogP contribution in [0.25, 0.3) is 0 Å². The monoisotopic (exact) mass is 246 g/mol. The van der Waals surface area contributed by atoms with Gasteiger partial charge in [0.05, 0.1) is 0 Å². The van der Waals surface area contributed by atoms with Crippen LogP contribution in [0.1, 0.15) is 31.7 Å². The molecular weight excluding hydrogens is 224 g/mol. The summed E-state index contributed by atoms with van der Waals surface area (Å²) in [5.74, 6) is 0.193. The van der Waals surface area contributed by atoms with Gasteiger partial charge in [0.25, 0.3) is 0 Å². The molecule has 3 nitrogen and oxygen atoms in total. The molecule has 0 bridgehead atoms. The van der Waals surface area contributed by atoms with Gasteiger partial charge in [-0.25, -0.2) is 0 Å². The van der Waals surface area contributed by atoms with Crippen LogP contribution in [0.4, 0.5) is 0 Å². The largest absolute Gasteiger partial charge is 0.352 e. The smallest absolute Gasteiger partial charge is 0.220 e. The summed E-state index contributed by atoms with van der Waals surface area (Å²) in [6.07, 6.45) is 3.81. The van der Waals surface area contributed by atoms with Crippen molar-refractivity contribution in [2.24, 2.45) is 0 Å². The first-order valence-corrected chi connectivity index (χ1v) is 6.84. The summed E-state index contributed by atoms with van der Waals surface area (Å²) in [6, 6.07) is 11.4. The fourth-order valence-corrected chi connectivity index (χ4v) is 2.40. The van der Waals surface area contributed by atoms with Crippen LogP contribution in [-0.4, -0.2) is 24.5 Å². The quantitative estimate of drug-likeness (QED) is 0.804. The van der Waals surface area contributed by atoms with Gasteiger partial charge < -0.3 is 10.6 Å². The van der Waals surface area contributed by atoms with Crippen LogP contribution in [0.3, 0.4) is 0 Å². The SMILES string of the molecule is CCC(Cc1ccccc1)NCC1CCC(=O)N1. The van der Waals surface area contributed by atoms with Crippen LogP contribution in [0.2, 0.25) is 0 Å². The third-order valence-corrected chi connectivity index (χ3v) is 3.56. The van der Waals surface area contributed by atoms with Crippen molar-refractivity contribution in [1.82, 2.24) is 10.6 Å². The molecule has 1 saturated heterocycles. The van der Waals surface area contributed by atoms with Crippen LogP contribution in [0.5, 0.6) is 0 Å². The lowest BCUT2D eigenvalue weighted by Gasteiger charge is -2.19. The number of rotatable bonds is 6. The summed E-state index contributed by atoms with van der Waals surface area (Å²) < 4.78 is 0.